The molecule has 0 aliphatic rings. The van der Waals surface area contributed by atoms with Crippen molar-refractivity contribution in [3.05, 3.63) is 57.6 Å². The molecule has 2 aromatic rings. The fourth-order valence-electron chi connectivity index (χ4n) is 2.72. The second-order valence-corrected chi connectivity index (χ2v) is 7.40. The Bertz CT molecular complexity index is 819. The third-order valence-corrected chi connectivity index (χ3v) is 4.89. The van der Waals surface area contributed by atoms with Crippen molar-refractivity contribution in [2.45, 2.75) is 26.2 Å². The SMILES string of the molecule is COc1ccc(CCCC(=O)N/N=C\c2ccc(N(C)C)c(Br)c2)c(C)c1. The lowest BCUT2D eigenvalue weighted by Crippen LogP contribution is -2.17. The number of carbonyl (C=O) groups excluding carboxylic acids is 1. The van der Waals surface area contributed by atoms with Gasteiger partial charge in [-0.15, -0.1) is 0 Å². The fourth-order valence-corrected chi connectivity index (χ4v) is 3.47. The van der Waals surface area contributed by atoms with Crippen LogP contribution in [0.25, 0.3) is 0 Å². The van der Waals surface area contributed by atoms with Crippen LogP contribution in [0.3, 0.4) is 0 Å². The number of hydrazone groups is 1. The maximum Gasteiger partial charge on any atom is 0.240 e. The molecule has 0 fully saturated rings. The minimum Gasteiger partial charge on any atom is -0.497 e. The van der Waals surface area contributed by atoms with Gasteiger partial charge in [-0.05, 0) is 76.7 Å². The van der Waals surface area contributed by atoms with E-state index in [0.717, 1.165) is 34.3 Å². The van der Waals surface area contributed by atoms with Crippen molar-refractivity contribution in [1.82, 2.24) is 5.43 Å². The molecule has 6 heteroatoms. The Labute approximate surface area is 169 Å². The Morgan fingerprint density at radius 2 is 2.04 bits per heavy atom. The molecule has 0 bridgehead atoms. The zero-order valence-electron chi connectivity index (χ0n) is 16.3. The van der Waals surface area contributed by atoms with E-state index in [1.807, 2.05) is 49.3 Å². The van der Waals surface area contributed by atoms with E-state index >= 15 is 0 Å². The van der Waals surface area contributed by atoms with Gasteiger partial charge in [0.05, 0.1) is 19.0 Å². The number of aryl methyl sites for hydroxylation is 2. The van der Waals surface area contributed by atoms with Crippen molar-refractivity contribution in [3.63, 3.8) is 0 Å². The van der Waals surface area contributed by atoms with Gasteiger partial charge < -0.3 is 9.64 Å². The molecule has 0 aromatic heterocycles. The molecule has 0 radical (unpaired) electrons. The summed E-state index contributed by atoms with van der Waals surface area (Å²) < 4.78 is 6.20. The van der Waals surface area contributed by atoms with E-state index in [0.29, 0.717) is 6.42 Å². The van der Waals surface area contributed by atoms with E-state index in [4.69, 9.17) is 4.74 Å². The molecule has 2 aromatic carbocycles. The van der Waals surface area contributed by atoms with Gasteiger partial charge in [0.25, 0.3) is 0 Å². The lowest BCUT2D eigenvalue weighted by Gasteiger charge is -2.14. The number of carbonyl (C=O) groups is 1. The number of anilines is 1. The predicted molar refractivity (Wildman–Crippen MR) is 115 cm³/mol. The largest absolute Gasteiger partial charge is 0.497 e. The number of ether oxygens (including phenoxy) is 1. The number of nitrogens with one attached hydrogen (secondary N) is 1. The van der Waals surface area contributed by atoms with Gasteiger partial charge in [-0.25, -0.2) is 5.43 Å². The number of rotatable bonds is 8. The number of benzene rings is 2. The molecule has 144 valence electrons. The normalized spacial score (nSPS) is 10.9. The number of hydrogen-bond donors (Lipinski definition) is 1. The summed E-state index contributed by atoms with van der Waals surface area (Å²) in [6.45, 7) is 2.06. The van der Waals surface area contributed by atoms with Crippen LogP contribution in [-0.2, 0) is 11.2 Å². The molecule has 5 nitrogen and oxygen atoms in total. The van der Waals surface area contributed by atoms with Crippen LogP contribution in [0.1, 0.15) is 29.5 Å². The summed E-state index contributed by atoms with van der Waals surface area (Å²) in [5, 5.41) is 4.05. The predicted octanol–water partition coefficient (Wildman–Crippen LogP) is 4.31. The van der Waals surface area contributed by atoms with Crippen LogP contribution in [0.4, 0.5) is 5.69 Å². The molecule has 0 unspecified atom stereocenters. The molecule has 0 heterocycles. The Hall–Kier alpha value is -2.34. The van der Waals surface area contributed by atoms with Crippen molar-refractivity contribution in [3.8, 4) is 5.75 Å². The average molecular weight is 432 g/mol. The summed E-state index contributed by atoms with van der Waals surface area (Å²) in [5.74, 6) is 0.773. The molecular formula is C21H26BrN3O2. The first-order chi connectivity index (χ1) is 12.9. The van der Waals surface area contributed by atoms with Crippen LogP contribution >= 0.6 is 15.9 Å². The Balaban J connectivity index is 1.79. The number of nitrogens with zero attached hydrogens (tertiary/aromatic N) is 2. The summed E-state index contributed by atoms with van der Waals surface area (Å²) in [5.41, 5.74) is 7.01. The first-order valence-electron chi connectivity index (χ1n) is 8.83. The van der Waals surface area contributed by atoms with Crippen LogP contribution in [0.2, 0.25) is 0 Å². The lowest BCUT2D eigenvalue weighted by atomic mass is 10.0. The van der Waals surface area contributed by atoms with E-state index in [-0.39, 0.29) is 5.91 Å². The average Bonchev–Trinajstić information content (AvgIpc) is 2.62. The first-order valence-corrected chi connectivity index (χ1v) is 9.62. The van der Waals surface area contributed by atoms with Gasteiger partial charge in [0, 0.05) is 25.0 Å². The Morgan fingerprint density at radius 1 is 1.26 bits per heavy atom. The third kappa shape index (κ3) is 6.40. The van der Waals surface area contributed by atoms with E-state index in [1.165, 1.54) is 11.1 Å². The number of hydrogen-bond acceptors (Lipinski definition) is 4. The lowest BCUT2D eigenvalue weighted by molar-refractivity contribution is -0.121. The van der Waals surface area contributed by atoms with Crippen molar-refractivity contribution < 1.29 is 9.53 Å². The van der Waals surface area contributed by atoms with Gasteiger partial charge in [-0.3, -0.25) is 4.79 Å². The highest BCUT2D eigenvalue weighted by atomic mass is 79.9. The second kappa shape index (κ2) is 10.1. The molecule has 0 atom stereocenters. The molecule has 0 aliphatic carbocycles. The van der Waals surface area contributed by atoms with Gasteiger partial charge in [0.2, 0.25) is 5.91 Å². The molecule has 1 amide bonds. The standard InChI is InChI=1S/C21H26BrN3O2/c1-15-12-18(27-4)10-9-17(15)6-5-7-21(26)24-23-14-16-8-11-20(25(2)3)19(22)13-16/h8-14H,5-7H2,1-4H3,(H,24,26)/b23-14-. The molecule has 0 saturated heterocycles. The summed E-state index contributed by atoms with van der Waals surface area (Å²) >= 11 is 3.54. The molecule has 0 saturated carbocycles. The molecular weight excluding hydrogens is 406 g/mol. The second-order valence-electron chi connectivity index (χ2n) is 6.54. The van der Waals surface area contributed by atoms with Crippen LogP contribution in [-0.4, -0.2) is 33.3 Å². The number of methoxy groups -OCH3 is 1. The molecule has 2 rings (SSSR count). The highest BCUT2D eigenvalue weighted by Crippen LogP contribution is 2.25. The van der Waals surface area contributed by atoms with E-state index < -0.39 is 0 Å². The zero-order chi connectivity index (χ0) is 19.8. The topological polar surface area (TPSA) is 53.9 Å². The summed E-state index contributed by atoms with van der Waals surface area (Å²) in [7, 11) is 5.64. The summed E-state index contributed by atoms with van der Waals surface area (Å²) in [6.07, 6.45) is 3.71. The highest BCUT2D eigenvalue weighted by molar-refractivity contribution is 9.10. The molecule has 0 aliphatic heterocycles. The third-order valence-electron chi connectivity index (χ3n) is 4.26. The minimum atomic E-state index is -0.0820. The van der Waals surface area contributed by atoms with Gasteiger partial charge in [-0.1, -0.05) is 12.1 Å². The van der Waals surface area contributed by atoms with E-state index in [9.17, 15) is 4.79 Å². The van der Waals surface area contributed by atoms with Crippen LogP contribution in [0, 0.1) is 6.92 Å². The molecule has 27 heavy (non-hydrogen) atoms. The molecule has 1 N–H and O–H groups in total. The van der Waals surface area contributed by atoms with E-state index in [1.54, 1.807) is 13.3 Å². The van der Waals surface area contributed by atoms with Crippen molar-refractivity contribution in [2.75, 3.05) is 26.1 Å². The van der Waals surface area contributed by atoms with Crippen LogP contribution in [0.5, 0.6) is 5.75 Å². The van der Waals surface area contributed by atoms with Gasteiger partial charge in [0.1, 0.15) is 5.75 Å². The number of amides is 1. The smallest absolute Gasteiger partial charge is 0.240 e. The van der Waals surface area contributed by atoms with Crippen LogP contribution in [0.15, 0.2) is 46.0 Å². The van der Waals surface area contributed by atoms with Gasteiger partial charge in [0.15, 0.2) is 0 Å². The fraction of sp³-hybridized carbons (Fsp3) is 0.333. The monoisotopic (exact) mass is 431 g/mol. The highest BCUT2D eigenvalue weighted by Gasteiger charge is 2.05. The quantitative estimate of drug-likeness (QED) is 0.500. The van der Waals surface area contributed by atoms with E-state index in [2.05, 4.69) is 39.4 Å². The maximum absolute atomic E-state index is 12.0. The zero-order valence-corrected chi connectivity index (χ0v) is 17.8. The van der Waals surface area contributed by atoms with Crippen molar-refractivity contribution in [2.24, 2.45) is 5.10 Å². The summed E-state index contributed by atoms with van der Waals surface area (Å²) in [6, 6.07) is 12.0. The number of halogens is 1. The van der Waals surface area contributed by atoms with Crippen molar-refractivity contribution >= 4 is 33.7 Å². The Morgan fingerprint density at radius 3 is 2.67 bits per heavy atom. The molecule has 0 spiro atoms. The van der Waals surface area contributed by atoms with Crippen LogP contribution < -0.4 is 15.1 Å². The van der Waals surface area contributed by atoms with Crippen molar-refractivity contribution in [1.29, 1.82) is 0 Å². The minimum absolute atomic E-state index is 0.0820. The maximum atomic E-state index is 12.0. The Kier molecular flexibility index (Phi) is 7.85. The first kappa shape index (κ1) is 21.0. The summed E-state index contributed by atoms with van der Waals surface area (Å²) in [4.78, 5) is 14.0. The van der Waals surface area contributed by atoms with Gasteiger partial charge >= 0.3 is 0 Å². The van der Waals surface area contributed by atoms with Gasteiger partial charge in [-0.2, -0.15) is 5.10 Å².